The second-order valence-electron chi connectivity index (χ2n) is 7.62. The highest BCUT2D eigenvalue weighted by Crippen LogP contribution is 2.44. The van der Waals surface area contributed by atoms with E-state index in [1.807, 2.05) is 0 Å². The highest BCUT2D eigenvalue weighted by molar-refractivity contribution is 9.10. The molecule has 0 bridgehead atoms. The number of carbonyl (C=O) groups is 1. The first-order valence-electron chi connectivity index (χ1n) is 7.11. The summed E-state index contributed by atoms with van der Waals surface area (Å²) < 4.78 is -0.166. The Morgan fingerprint density at radius 1 is 1.00 bits per heavy atom. The van der Waals surface area contributed by atoms with Gasteiger partial charge in [0.15, 0.2) is 5.78 Å². The quantitative estimate of drug-likeness (QED) is 0.617. The van der Waals surface area contributed by atoms with Gasteiger partial charge in [-0.15, -0.1) is 0 Å². The molecular formula is C17H27BrO. The number of carbonyl (C=O) groups excluding carboxylic acids is 1. The van der Waals surface area contributed by atoms with Gasteiger partial charge in [0.1, 0.15) is 0 Å². The molecule has 0 atom stereocenters. The van der Waals surface area contributed by atoms with Crippen molar-refractivity contribution in [3.63, 3.8) is 0 Å². The molecule has 0 heterocycles. The van der Waals surface area contributed by atoms with Crippen LogP contribution < -0.4 is 0 Å². The number of ketones is 1. The molecule has 1 rings (SSSR count). The second kappa shape index (κ2) is 5.20. The van der Waals surface area contributed by atoms with Crippen LogP contribution in [0.4, 0.5) is 0 Å². The zero-order valence-electron chi connectivity index (χ0n) is 13.4. The van der Waals surface area contributed by atoms with Gasteiger partial charge in [-0.3, -0.25) is 4.79 Å². The number of alkyl halides is 1. The van der Waals surface area contributed by atoms with Crippen LogP contribution in [-0.2, 0) is 4.79 Å². The van der Waals surface area contributed by atoms with Crippen molar-refractivity contribution in [3.8, 4) is 0 Å². The lowest BCUT2D eigenvalue weighted by molar-refractivity contribution is -0.114. The summed E-state index contributed by atoms with van der Waals surface area (Å²) in [6.07, 6.45) is 6.36. The van der Waals surface area contributed by atoms with Gasteiger partial charge in [-0.1, -0.05) is 83.0 Å². The third-order valence-electron chi connectivity index (χ3n) is 3.51. The number of Topliss-reactive ketones (excluding diaryl/α,β-unsaturated/α-hetero) is 1. The molecule has 0 saturated heterocycles. The molecular weight excluding hydrogens is 300 g/mol. The minimum atomic E-state index is -0.166. The summed E-state index contributed by atoms with van der Waals surface area (Å²) >= 11 is 3.84. The summed E-state index contributed by atoms with van der Waals surface area (Å²) in [6.45, 7) is 14.9. The van der Waals surface area contributed by atoms with E-state index in [-0.39, 0.29) is 20.9 Å². The van der Waals surface area contributed by atoms with Crippen molar-refractivity contribution in [2.24, 2.45) is 10.8 Å². The lowest BCUT2D eigenvalue weighted by Gasteiger charge is -2.36. The summed E-state index contributed by atoms with van der Waals surface area (Å²) in [5.41, 5.74) is 1.64. The van der Waals surface area contributed by atoms with E-state index in [0.717, 1.165) is 24.0 Å². The Bertz CT molecular complexity index is 393. The smallest absolute Gasteiger partial charge is 0.185 e. The van der Waals surface area contributed by atoms with Crippen molar-refractivity contribution in [1.29, 1.82) is 0 Å². The molecule has 19 heavy (non-hydrogen) atoms. The third kappa shape index (κ3) is 3.81. The van der Waals surface area contributed by atoms with Crippen molar-refractivity contribution < 1.29 is 4.79 Å². The molecule has 1 nitrogen and oxygen atoms in total. The first kappa shape index (κ1) is 16.7. The van der Waals surface area contributed by atoms with Crippen molar-refractivity contribution in [3.05, 3.63) is 23.3 Å². The Kier molecular flexibility index (Phi) is 4.56. The zero-order valence-corrected chi connectivity index (χ0v) is 14.9. The minimum Gasteiger partial charge on any atom is -0.289 e. The maximum atomic E-state index is 12.8. The fraction of sp³-hybridized carbons (Fsp3) is 0.706. The van der Waals surface area contributed by atoms with E-state index in [1.54, 1.807) is 0 Å². The van der Waals surface area contributed by atoms with Gasteiger partial charge in [-0.25, -0.2) is 0 Å². The molecule has 0 aromatic heterocycles. The van der Waals surface area contributed by atoms with Crippen molar-refractivity contribution >= 4 is 21.7 Å². The molecule has 0 fully saturated rings. The largest absolute Gasteiger partial charge is 0.289 e. The number of hydrogen-bond donors (Lipinski definition) is 0. The van der Waals surface area contributed by atoms with Crippen LogP contribution in [0.15, 0.2) is 23.3 Å². The lowest BCUT2D eigenvalue weighted by atomic mass is 9.70. The average molecular weight is 327 g/mol. The SMILES string of the molecule is CCCC1(Br)C=C(C(C)(C)C)C(=O)C(C(C)(C)C)=C1. The van der Waals surface area contributed by atoms with E-state index >= 15 is 0 Å². The lowest BCUT2D eigenvalue weighted by Crippen LogP contribution is -2.34. The van der Waals surface area contributed by atoms with Crippen molar-refractivity contribution in [1.82, 2.24) is 0 Å². The van der Waals surface area contributed by atoms with E-state index in [0.29, 0.717) is 0 Å². The molecule has 1 aliphatic rings. The van der Waals surface area contributed by atoms with Crippen molar-refractivity contribution in [2.75, 3.05) is 0 Å². The summed E-state index contributed by atoms with van der Waals surface area (Å²) in [4.78, 5) is 12.8. The van der Waals surface area contributed by atoms with Gasteiger partial charge < -0.3 is 0 Å². The molecule has 0 radical (unpaired) electrons. The first-order valence-corrected chi connectivity index (χ1v) is 7.90. The van der Waals surface area contributed by atoms with Crippen LogP contribution in [-0.4, -0.2) is 10.1 Å². The molecule has 0 spiro atoms. The standard InChI is InChI=1S/C17H27BrO/c1-8-9-17(18)10-12(15(2,3)4)14(19)13(11-17)16(5,6)7/h10-11H,8-9H2,1-7H3. The van der Waals surface area contributed by atoms with Crippen LogP contribution in [0.3, 0.4) is 0 Å². The van der Waals surface area contributed by atoms with E-state index in [2.05, 4.69) is 76.5 Å². The fourth-order valence-corrected chi connectivity index (χ4v) is 3.29. The van der Waals surface area contributed by atoms with E-state index in [4.69, 9.17) is 0 Å². The summed E-state index contributed by atoms with van der Waals surface area (Å²) in [5.74, 6) is 0.214. The summed E-state index contributed by atoms with van der Waals surface area (Å²) in [7, 11) is 0. The Hall–Kier alpha value is -0.370. The highest BCUT2D eigenvalue weighted by atomic mass is 79.9. The predicted octanol–water partition coefficient (Wildman–Crippen LogP) is 5.45. The number of halogens is 1. The van der Waals surface area contributed by atoms with E-state index in [9.17, 15) is 4.79 Å². The fourth-order valence-electron chi connectivity index (χ4n) is 2.44. The summed E-state index contributed by atoms with van der Waals surface area (Å²) in [6, 6.07) is 0. The van der Waals surface area contributed by atoms with Gasteiger partial charge in [0.25, 0.3) is 0 Å². The highest BCUT2D eigenvalue weighted by Gasteiger charge is 2.39. The van der Waals surface area contributed by atoms with Crippen molar-refractivity contribution in [2.45, 2.75) is 65.6 Å². The normalized spacial score (nSPS) is 20.1. The van der Waals surface area contributed by atoms with Crippen LogP contribution in [0.1, 0.15) is 61.3 Å². The average Bonchev–Trinajstić information content (AvgIpc) is 2.18. The molecule has 0 aromatic carbocycles. The van der Waals surface area contributed by atoms with Gasteiger partial charge in [-0.05, 0) is 17.3 Å². The molecule has 1 aliphatic carbocycles. The monoisotopic (exact) mass is 326 g/mol. The third-order valence-corrected chi connectivity index (χ3v) is 4.36. The predicted molar refractivity (Wildman–Crippen MR) is 86.6 cm³/mol. The van der Waals surface area contributed by atoms with E-state index < -0.39 is 0 Å². The van der Waals surface area contributed by atoms with Gasteiger partial charge in [0.2, 0.25) is 0 Å². The Morgan fingerprint density at radius 2 is 1.37 bits per heavy atom. The van der Waals surface area contributed by atoms with Crippen LogP contribution >= 0.6 is 15.9 Å². The van der Waals surface area contributed by atoms with Gasteiger partial charge in [-0.2, -0.15) is 0 Å². The Balaban J connectivity index is 3.38. The molecule has 108 valence electrons. The van der Waals surface area contributed by atoms with Gasteiger partial charge in [0, 0.05) is 11.1 Å². The van der Waals surface area contributed by atoms with Crippen LogP contribution in [0.5, 0.6) is 0 Å². The molecule has 0 saturated carbocycles. The molecule has 0 N–H and O–H groups in total. The van der Waals surface area contributed by atoms with Crippen LogP contribution in [0, 0.1) is 10.8 Å². The Morgan fingerprint density at radius 3 is 1.63 bits per heavy atom. The first-order chi connectivity index (χ1) is 8.41. The van der Waals surface area contributed by atoms with Gasteiger partial charge >= 0.3 is 0 Å². The Labute approximate surface area is 126 Å². The zero-order chi connectivity index (χ0) is 15.1. The molecule has 0 unspecified atom stereocenters. The maximum Gasteiger partial charge on any atom is 0.185 e. The van der Waals surface area contributed by atoms with Gasteiger partial charge in [0.05, 0.1) is 4.32 Å². The molecule has 0 amide bonds. The summed E-state index contributed by atoms with van der Waals surface area (Å²) in [5, 5.41) is 0. The van der Waals surface area contributed by atoms with Crippen LogP contribution in [0.25, 0.3) is 0 Å². The number of hydrogen-bond acceptors (Lipinski definition) is 1. The minimum absolute atomic E-state index is 0.116. The molecule has 2 heteroatoms. The molecule has 0 aromatic rings. The van der Waals surface area contributed by atoms with Crippen LogP contribution in [0.2, 0.25) is 0 Å². The maximum absolute atomic E-state index is 12.8. The number of rotatable bonds is 2. The topological polar surface area (TPSA) is 17.1 Å². The number of allylic oxidation sites excluding steroid dienone is 4. The van der Waals surface area contributed by atoms with E-state index in [1.165, 1.54) is 0 Å². The molecule has 0 aliphatic heterocycles. The second-order valence-corrected chi connectivity index (χ2v) is 9.10.